The summed E-state index contributed by atoms with van der Waals surface area (Å²) >= 11 is 13.4. The normalized spacial score (nSPS) is 14.2. The molecule has 1 amide bonds. The Balaban J connectivity index is 1.42. The molecule has 0 atom stereocenters. The second-order valence-corrected chi connectivity index (χ2v) is 13.2. The Kier molecular flexibility index (Phi) is 8.17. The highest BCUT2D eigenvalue weighted by Crippen LogP contribution is 2.37. The number of sulfonamides is 1. The van der Waals surface area contributed by atoms with Crippen LogP contribution in [0.2, 0.25) is 10.0 Å². The van der Waals surface area contributed by atoms with Crippen molar-refractivity contribution in [1.29, 1.82) is 0 Å². The van der Waals surface area contributed by atoms with Gasteiger partial charge >= 0.3 is 0 Å². The highest BCUT2D eigenvalue weighted by atomic mass is 35.5. The van der Waals surface area contributed by atoms with Gasteiger partial charge in [0, 0.05) is 28.7 Å². The lowest BCUT2D eigenvalue weighted by Gasteiger charge is -2.48. The molecule has 3 aromatic carbocycles. The van der Waals surface area contributed by atoms with Crippen LogP contribution in [0.3, 0.4) is 0 Å². The highest BCUT2D eigenvalue weighted by molar-refractivity contribution is 7.92. The SMILES string of the molecule is Cc1cc(NC(=O)c2cc(F)cc(N(C3CN(C(c4ccc(Cl)cc4)c4ccc(Cl)cc4)C3)S(C)(=O)=O)c2)sn1. The Labute approximate surface area is 246 Å². The standard InChI is InChI=1S/C28H25Cl2FN4O3S2/c1-17-11-26(39-33-17)32-28(36)20-12-23(31)14-24(13-20)35(40(2,37)38)25-15-34(16-25)27(18-3-7-21(29)8-4-18)19-5-9-22(30)10-6-19/h3-14,25,27H,15-16H2,1-2H3,(H,32,36). The first kappa shape index (κ1) is 28.5. The van der Waals surface area contributed by atoms with E-state index in [0.717, 1.165) is 46.7 Å². The molecule has 12 heteroatoms. The van der Waals surface area contributed by atoms with Crippen molar-refractivity contribution in [3.8, 4) is 0 Å². The molecule has 40 heavy (non-hydrogen) atoms. The van der Waals surface area contributed by atoms with Crippen LogP contribution < -0.4 is 9.62 Å². The summed E-state index contributed by atoms with van der Waals surface area (Å²) < 4.78 is 46.0. The Morgan fingerprint density at radius 1 is 1.02 bits per heavy atom. The van der Waals surface area contributed by atoms with Crippen molar-refractivity contribution in [2.45, 2.75) is 19.0 Å². The fourth-order valence-corrected chi connectivity index (χ4v) is 6.94. The minimum Gasteiger partial charge on any atom is -0.312 e. The number of likely N-dealkylation sites (tertiary alicyclic amines) is 1. The summed E-state index contributed by atoms with van der Waals surface area (Å²) in [5.41, 5.74) is 2.81. The van der Waals surface area contributed by atoms with E-state index >= 15 is 0 Å². The van der Waals surface area contributed by atoms with Gasteiger partial charge in [0.2, 0.25) is 10.0 Å². The first-order valence-corrected chi connectivity index (χ1v) is 15.7. The van der Waals surface area contributed by atoms with Gasteiger partial charge < -0.3 is 5.32 Å². The molecule has 0 aliphatic carbocycles. The van der Waals surface area contributed by atoms with Crippen molar-refractivity contribution in [3.05, 3.63) is 111 Å². The van der Waals surface area contributed by atoms with Crippen molar-refractivity contribution in [1.82, 2.24) is 9.27 Å². The lowest BCUT2D eigenvalue weighted by atomic mass is 9.93. The van der Waals surface area contributed by atoms with Gasteiger partial charge in [-0.3, -0.25) is 14.0 Å². The number of carbonyl (C=O) groups is 1. The topological polar surface area (TPSA) is 82.6 Å². The van der Waals surface area contributed by atoms with Crippen LogP contribution in [0.5, 0.6) is 0 Å². The third-order valence-electron chi connectivity index (χ3n) is 6.58. The number of anilines is 2. The van der Waals surface area contributed by atoms with E-state index < -0.39 is 27.8 Å². The van der Waals surface area contributed by atoms with Crippen LogP contribution in [-0.2, 0) is 10.0 Å². The molecule has 1 aromatic heterocycles. The molecule has 7 nitrogen and oxygen atoms in total. The lowest BCUT2D eigenvalue weighted by molar-refractivity contribution is 0.102. The van der Waals surface area contributed by atoms with Crippen molar-refractivity contribution in [2.75, 3.05) is 29.0 Å². The minimum atomic E-state index is -3.82. The van der Waals surface area contributed by atoms with Crippen LogP contribution in [0, 0.1) is 12.7 Å². The molecule has 4 aromatic rings. The van der Waals surface area contributed by atoms with Crippen molar-refractivity contribution >= 4 is 61.4 Å². The van der Waals surface area contributed by atoms with Crippen molar-refractivity contribution in [2.24, 2.45) is 0 Å². The van der Waals surface area contributed by atoms with Gasteiger partial charge in [-0.15, -0.1) is 0 Å². The number of nitrogens with one attached hydrogen (secondary N) is 1. The van der Waals surface area contributed by atoms with E-state index in [1.54, 1.807) is 13.0 Å². The monoisotopic (exact) mass is 618 g/mol. The third-order valence-corrected chi connectivity index (χ3v) is 9.10. The number of rotatable bonds is 8. The number of carbonyl (C=O) groups excluding carboxylic acids is 1. The number of nitrogens with zero attached hydrogens (tertiary/aromatic N) is 3. The maximum Gasteiger partial charge on any atom is 0.256 e. The van der Waals surface area contributed by atoms with Gasteiger partial charge in [-0.25, -0.2) is 12.8 Å². The lowest BCUT2D eigenvalue weighted by Crippen LogP contribution is -2.61. The fourth-order valence-electron chi connectivity index (χ4n) is 4.86. The molecular formula is C28H25Cl2FN4O3S2. The molecule has 1 fully saturated rings. The van der Waals surface area contributed by atoms with Gasteiger partial charge in [0.1, 0.15) is 10.8 Å². The second kappa shape index (κ2) is 11.5. The number of aromatic nitrogens is 1. The van der Waals surface area contributed by atoms with E-state index in [-0.39, 0.29) is 17.3 Å². The molecule has 0 unspecified atom stereocenters. The minimum absolute atomic E-state index is 0.00564. The van der Waals surface area contributed by atoms with E-state index in [0.29, 0.717) is 28.1 Å². The van der Waals surface area contributed by atoms with Gasteiger partial charge in [-0.2, -0.15) is 4.37 Å². The molecular weight excluding hydrogens is 594 g/mol. The maximum atomic E-state index is 14.7. The molecule has 1 aliphatic rings. The Morgan fingerprint density at radius 2 is 1.60 bits per heavy atom. The molecule has 2 heterocycles. The fraction of sp³-hybridized carbons (Fsp3) is 0.214. The molecule has 1 aliphatic heterocycles. The number of halogens is 3. The van der Waals surface area contributed by atoms with E-state index in [1.165, 1.54) is 10.4 Å². The molecule has 0 saturated carbocycles. The van der Waals surface area contributed by atoms with E-state index in [1.807, 2.05) is 48.5 Å². The predicted molar refractivity (Wildman–Crippen MR) is 159 cm³/mol. The van der Waals surface area contributed by atoms with Crippen LogP contribution in [0.4, 0.5) is 15.1 Å². The van der Waals surface area contributed by atoms with Crippen LogP contribution >= 0.6 is 34.7 Å². The smallest absolute Gasteiger partial charge is 0.256 e. The molecule has 1 N–H and O–H groups in total. The van der Waals surface area contributed by atoms with Crippen LogP contribution in [0.1, 0.15) is 33.2 Å². The van der Waals surface area contributed by atoms with E-state index in [9.17, 15) is 17.6 Å². The average molecular weight is 620 g/mol. The number of aryl methyl sites for hydroxylation is 1. The second-order valence-electron chi connectivity index (χ2n) is 9.66. The summed E-state index contributed by atoms with van der Waals surface area (Å²) in [5, 5.41) is 4.42. The third kappa shape index (κ3) is 6.31. The Morgan fingerprint density at radius 3 is 2.10 bits per heavy atom. The quantitative estimate of drug-likeness (QED) is 0.247. The van der Waals surface area contributed by atoms with Crippen LogP contribution in [0.25, 0.3) is 0 Å². The molecule has 5 rings (SSSR count). The Hall–Kier alpha value is -3.02. The van der Waals surface area contributed by atoms with Gasteiger partial charge in [0.05, 0.1) is 29.7 Å². The largest absolute Gasteiger partial charge is 0.312 e. The van der Waals surface area contributed by atoms with E-state index in [2.05, 4.69) is 14.6 Å². The summed E-state index contributed by atoms with van der Waals surface area (Å²) in [6, 6.07) is 19.7. The van der Waals surface area contributed by atoms with Gasteiger partial charge in [0.25, 0.3) is 5.91 Å². The molecule has 1 saturated heterocycles. The molecule has 0 radical (unpaired) electrons. The summed E-state index contributed by atoms with van der Waals surface area (Å²) in [6.45, 7) is 2.55. The first-order valence-electron chi connectivity index (χ1n) is 12.3. The summed E-state index contributed by atoms with van der Waals surface area (Å²) in [5.74, 6) is -1.27. The molecule has 0 spiro atoms. The zero-order valence-electron chi connectivity index (χ0n) is 21.5. The summed E-state index contributed by atoms with van der Waals surface area (Å²) in [7, 11) is -3.82. The van der Waals surface area contributed by atoms with Gasteiger partial charge in [-0.05, 0) is 78.1 Å². The summed E-state index contributed by atoms with van der Waals surface area (Å²) in [6.07, 6.45) is 1.08. The van der Waals surface area contributed by atoms with Gasteiger partial charge in [-0.1, -0.05) is 47.5 Å². The summed E-state index contributed by atoms with van der Waals surface area (Å²) in [4.78, 5) is 15.0. The van der Waals surface area contributed by atoms with Crippen molar-refractivity contribution in [3.63, 3.8) is 0 Å². The number of amides is 1. The van der Waals surface area contributed by atoms with Crippen molar-refractivity contribution < 1.29 is 17.6 Å². The first-order chi connectivity index (χ1) is 19.0. The molecule has 0 bridgehead atoms. The maximum absolute atomic E-state index is 14.7. The van der Waals surface area contributed by atoms with Gasteiger partial charge in [0.15, 0.2) is 0 Å². The van der Waals surface area contributed by atoms with Crippen LogP contribution in [-0.4, -0.2) is 49.0 Å². The number of hydrogen-bond acceptors (Lipinski definition) is 6. The zero-order chi connectivity index (χ0) is 28.6. The number of benzene rings is 3. The molecule has 208 valence electrons. The average Bonchev–Trinajstić information content (AvgIpc) is 3.27. The van der Waals surface area contributed by atoms with Crippen LogP contribution in [0.15, 0.2) is 72.8 Å². The predicted octanol–water partition coefficient (Wildman–Crippen LogP) is 6.39. The number of hydrogen-bond donors (Lipinski definition) is 1. The zero-order valence-corrected chi connectivity index (χ0v) is 24.7. The highest BCUT2D eigenvalue weighted by Gasteiger charge is 2.41. The Bertz CT molecular complexity index is 1600. The van der Waals surface area contributed by atoms with E-state index in [4.69, 9.17) is 23.2 Å².